The number of amides is 1. The van der Waals surface area contributed by atoms with E-state index in [1.165, 1.54) is 10.4 Å². The molecule has 8 heteroatoms. The van der Waals surface area contributed by atoms with E-state index < -0.39 is 10.0 Å². The lowest BCUT2D eigenvalue weighted by Crippen LogP contribution is -2.46. The Labute approximate surface area is 169 Å². The largest absolute Gasteiger partial charge is 0.349 e. The maximum absolute atomic E-state index is 12.7. The van der Waals surface area contributed by atoms with Crippen molar-refractivity contribution in [1.82, 2.24) is 9.62 Å². The van der Waals surface area contributed by atoms with Gasteiger partial charge in [-0.2, -0.15) is 4.31 Å². The van der Waals surface area contributed by atoms with E-state index in [-0.39, 0.29) is 11.9 Å². The Kier molecular flexibility index (Phi) is 6.11. The third-order valence-electron chi connectivity index (χ3n) is 4.63. The summed E-state index contributed by atoms with van der Waals surface area (Å²) in [6, 6.07) is 11.5. The number of nitrogens with one attached hydrogen (secondary N) is 1. The molecule has 2 aromatic carbocycles. The number of hydrogen-bond acceptors (Lipinski definition) is 3. The second kappa shape index (κ2) is 8.19. The topological polar surface area (TPSA) is 66.5 Å². The Hall–Kier alpha value is -1.60. The van der Waals surface area contributed by atoms with Crippen LogP contribution in [0.2, 0.25) is 10.0 Å². The number of benzene rings is 2. The fourth-order valence-corrected chi connectivity index (χ4v) is 4.77. The first kappa shape index (κ1) is 20.1. The molecular formula is C19H20Cl2N2O3S. The molecule has 1 saturated heterocycles. The molecule has 5 nitrogen and oxygen atoms in total. The summed E-state index contributed by atoms with van der Waals surface area (Å²) in [5.74, 6) is -0.242. The van der Waals surface area contributed by atoms with Gasteiger partial charge in [0, 0.05) is 24.7 Å². The van der Waals surface area contributed by atoms with Crippen LogP contribution in [0.5, 0.6) is 0 Å². The molecule has 3 rings (SSSR count). The lowest BCUT2D eigenvalue weighted by atomic mass is 10.1. The molecular weight excluding hydrogens is 407 g/mol. The summed E-state index contributed by atoms with van der Waals surface area (Å²) in [5, 5.41) is 3.65. The molecule has 2 aromatic rings. The normalized spacial score (nSPS) is 16.3. The van der Waals surface area contributed by atoms with Crippen molar-refractivity contribution in [3.05, 3.63) is 63.6 Å². The Bertz CT molecular complexity index is 938. The van der Waals surface area contributed by atoms with Crippen LogP contribution >= 0.6 is 23.2 Å². The number of carbonyl (C=O) groups is 1. The average Bonchev–Trinajstić information content (AvgIpc) is 2.64. The van der Waals surface area contributed by atoms with Crippen LogP contribution in [0, 0.1) is 6.92 Å². The number of carbonyl (C=O) groups excluding carboxylic acids is 1. The first-order valence-corrected chi connectivity index (χ1v) is 10.8. The summed E-state index contributed by atoms with van der Waals surface area (Å²) in [7, 11) is -3.50. The van der Waals surface area contributed by atoms with Crippen molar-refractivity contribution in [2.45, 2.75) is 30.7 Å². The van der Waals surface area contributed by atoms with Crippen LogP contribution in [0.25, 0.3) is 0 Å². The SMILES string of the molecule is Cc1ccc(S(=O)(=O)N2CCC(NC(=O)c3ccc(Cl)c(Cl)c3)CC2)cc1. The fourth-order valence-electron chi connectivity index (χ4n) is 3.01. The Morgan fingerprint density at radius 1 is 1.04 bits per heavy atom. The smallest absolute Gasteiger partial charge is 0.251 e. The highest BCUT2D eigenvalue weighted by atomic mass is 35.5. The van der Waals surface area contributed by atoms with Crippen molar-refractivity contribution in [3.8, 4) is 0 Å². The van der Waals surface area contributed by atoms with Crippen molar-refractivity contribution in [1.29, 1.82) is 0 Å². The first-order valence-electron chi connectivity index (χ1n) is 8.60. The highest BCUT2D eigenvalue weighted by molar-refractivity contribution is 7.89. The summed E-state index contributed by atoms with van der Waals surface area (Å²) in [6.45, 7) is 2.64. The molecule has 1 aliphatic heterocycles. The van der Waals surface area contributed by atoms with Crippen LogP contribution in [0.15, 0.2) is 47.4 Å². The standard InChI is InChI=1S/C19H20Cl2N2O3S/c1-13-2-5-16(6-3-13)27(25,26)23-10-8-15(9-11-23)22-19(24)14-4-7-17(20)18(21)12-14/h2-7,12,15H,8-11H2,1H3,(H,22,24). The summed E-state index contributed by atoms with van der Waals surface area (Å²) in [6.07, 6.45) is 1.11. The molecule has 0 spiro atoms. The highest BCUT2D eigenvalue weighted by Gasteiger charge is 2.30. The average molecular weight is 427 g/mol. The van der Waals surface area contributed by atoms with E-state index in [0.717, 1.165) is 5.56 Å². The van der Waals surface area contributed by atoms with Gasteiger partial charge in [0.15, 0.2) is 0 Å². The number of rotatable bonds is 4. The highest BCUT2D eigenvalue weighted by Crippen LogP contribution is 2.24. The third kappa shape index (κ3) is 4.63. The molecule has 1 fully saturated rings. The van der Waals surface area contributed by atoms with Gasteiger partial charge in [0.1, 0.15) is 0 Å². The number of nitrogens with zero attached hydrogens (tertiary/aromatic N) is 1. The van der Waals surface area contributed by atoms with E-state index in [9.17, 15) is 13.2 Å². The van der Waals surface area contributed by atoms with Gasteiger partial charge < -0.3 is 5.32 Å². The molecule has 0 bridgehead atoms. The number of aryl methyl sites for hydroxylation is 1. The quantitative estimate of drug-likeness (QED) is 0.805. The molecule has 0 aromatic heterocycles. The molecule has 1 amide bonds. The molecule has 0 aliphatic carbocycles. The van der Waals surface area contributed by atoms with Crippen LogP contribution in [-0.4, -0.2) is 37.8 Å². The van der Waals surface area contributed by atoms with Crippen molar-refractivity contribution in [2.24, 2.45) is 0 Å². The van der Waals surface area contributed by atoms with Gasteiger partial charge >= 0.3 is 0 Å². The van der Waals surface area contributed by atoms with Gasteiger partial charge in [0.05, 0.1) is 14.9 Å². The van der Waals surface area contributed by atoms with E-state index >= 15 is 0 Å². The molecule has 0 saturated carbocycles. The van der Waals surface area contributed by atoms with E-state index in [2.05, 4.69) is 5.32 Å². The molecule has 1 N–H and O–H groups in total. The third-order valence-corrected chi connectivity index (χ3v) is 7.28. The zero-order chi connectivity index (χ0) is 19.6. The van der Waals surface area contributed by atoms with E-state index in [1.807, 2.05) is 6.92 Å². The lowest BCUT2D eigenvalue weighted by Gasteiger charge is -2.31. The zero-order valence-corrected chi connectivity index (χ0v) is 17.1. The minimum Gasteiger partial charge on any atom is -0.349 e. The van der Waals surface area contributed by atoms with Crippen molar-refractivity contribution >= 4 is 39.1 Å². The summed E-state index contributed by atoms with van der Waals surface area (Å²) in [5.41, 5.74) is 1.44. The van der Waals surface area contributed by atoms with Gasteiger partial charge in [-0.1, -0.05) is 40.9 Å². The van der Waals surface area contributed by atoms with Crippen LogP contribution in [0.1, 0.15) is 28.8 Å². The molecule has 0 radical (unpaired) electrons. The number of piperidine rings is 1. The monoisotopic (exact) mass is 426 g/mol. The molecule has 0 unspecified atom stereocenters. The number of sulfonamides is 1. The minimum absolute atomic E-state index is 0.0866. The Morgan fingerprint density at radius 2 is 1.67 bits per heavy atom. The number of halogens is 2. The van der Waals surface area contributed by atoms with Gasteiger partial charge in [-0.05, 0) is 50.1 Å². The predicted molar refractivity (Wildman–Crippen MR) is 107 cm³/mol. The van der Waals surface area contributed by atoms with Gasteiger partial charge in [-0.25, -0.2) is 8.42 Å². The van der Waals surface area contributed by atoms with Gasteiger partial charge in [-0.15, -0.1) is 0 Å². The van der Waals surface area contributed by atoms with E-state index in [4.69, 9.17) is 23.2 Å². The van der Waals surface area contributed by atoms with Crippen LogP contribution in [-0.2, 0) is 10.0 Å². The van der Waals surface area contributed by atoms with Crippen LogP contribution in [0.3, 0.4) is 0 Å². The Morgan fingerprint density at radius 3 is 2.26 bits per heavy atom. The second-order valence-electron chi connectivity index (χ2n) is 6.59. The predicted octanol–water partition coefficient (Wildman–Crippen LogP) is 3.88. The van der Waals surface area contributed by atoms with Crippen molar-refractivity contribution < 1.29 is 13.2 Å². The van der Waals surface area contributed by atoms with Crippen molar-refractivity contribution in [2.75, 3.05) is 13.1 Å². The van der Waals surface area contributed by atoms with Gasteiger partial charge in [0.25, 0.3) is 5.91 Å². The first-order chi connectivity index (χ1) is 12.8. The molecule has 27 heavy (non-hydrogen) atoms. The van der Waals surface area contributed by atoms with Crippen LogP contribution < -0.4 is 5.32 Å². The van der Waals surface area contributed by atoms with Gasteiger partial charge in [0.2, 0.25) is 10.0 Å². The molecule has 144 valence electrons. The summed E-state index contributed by atoms with van der Waals surface area (Å²) in [4.78, 5) is 12.7. The summed E-state index contributed by atoms with van der Waals surface area (Å²) >= 11 is 11.8. The lowest BCUT2D eigenvalue weighted by molar-refractivity contribution is 0.0924. The molecule has 1 heterocycles. The zero-order valence-electron chi connectivity index (χ0n) is 14.8. The summed E-state index contributed by atoms with van der Waals surface area (Å²) < 4.78 is 26.9. The maximum Gasteiger partial charge on any atom is 0.251 e. The van der Waals surface area contributed by atoms with Crippen molar-refractivity contribution in [3.63, 3.8) is 0 Å². The Balaban J connectivity index is 1.60. The van der Waals surface area contributed by atoms with Gasteiger partial charge in [-0.3, -0.25) is 4.79 Å². The second-order valence-corrected chi connectivity index (χ2v) is 9.35. The van der Waals surface area contributed by atoms with E-state index in [0.29, 0.717) is 46.4 Å². The maximum atomic E-state index is 12.7. The molecule has 0 atom stereocenters. The van der Waals surface area contributed by atoms with E-state index in [1.54, 1.807) is 36.4 Å². The molecule has 1 aliphatic rings. The minimum atomic E-state index is -3.50. The fraction of sp³-hybridized carbons (Fsp3) is 0.316. The van der Waals surface area contributed by atoms with Crippen LogP contribution in [0.4, 0.5) is 0 Å². The number of hydrogen-bond donors (Lipinski definition) is 1.